The van der Waals surface area contributed by atoms with Gasteiger partial charge in [0.05, 0.1) is 5.57 Å². The number of ketones is 1. The summed E-state index contributed by atoms with van der Waals surface area (Å²) >= 11 is 0. The van der Waals surface area contributed by atoms with Crippen molar-refractivity contribution < 1.29 is 20.1 Å². The second kappa shape index (κ2) is 5.22. The van der Waals surface area contributed by atoms with Crippen LogP contribution in [0.25, 0.3) is 6.08 Å². The van der Waals surface area contributed by atoms with Gasteiger partial charge < -0.3 is 15.3 Å². The van der Waals surface area contributed by atoms with E-state index < -0.39 is 11.5 Å². The van der Waals surface area contributed by atoms with Crippen LogP contribution in [0.15, 0.2) is 59.9 Å². The molecule has 0 saturated carbocycles. The Morgan fingerprint density at radius 1 is 1.21 bits per heavy atom. The molecule has 0 atom stereocenters. The van der Waals surface area contributed by atoms with Crippen LogP contribution in [-0.4, -0.2) is 26.9 Å². The first-order chi connectivity index (χ1) is 8.98. The van der Waals surface area contributed by atoms with Crippen molar-refractivity contribution in [1.29, 1.82) is 0 Å². The maximum absolute atomic E-state index is 11.9. The largest absolute Gasteiger partial charge is 0.507 e. The number of allylic oxidation sites excluding steroid dienone is 2. The second-order valence-corrected chi connectivity index (χ2v) is 4.34. The minimum Gasteiger partial charge on any atom is -0.507 e. The molecule has 0 bridgehead atoms. The molecule has 0 aromatic heterocycles. The summed E-state index contributed by atoms with van der Waals surface area (Å²) in [6.45, 7) is 0. The third-order valence-corrected chi connectivity index (χ3v) is 2.74. The minimum absolute atomic E-state index is 0.0749. The van der Waals surface area contributed by atoms with Gasteiger partial charge in [-0.2, -0.15) is 0 Å². The topological polar surface area (TPSA) is 77.8 Å². The third kappa shape index (κ3) is 3.40. The average molecular weight is 258 g/mol. The summed E-state index contributed by atoms with van der Waals surface area (Å²) in [6.07, 6.45) is 5.02. The molecule has 1 aliphatic rings. The van der Waals surface area contributed by atoms with Gasteiger partial charge in [0.1, 0.15) is 5.76 Å². The van der Waals surface area contributed by atoms with E-state index in [1.54, 1.807) is 6.08 Å². The lowest BCUT2D eigenvalue weighted by Crippen LogP contribution is -2.28. The van der Waals surface area contributed by atoms with Crippen LogP contribution in [0.3, 0.4) is 0 Å². The van der Waals surface area contributed by atoms with Crippen LogP contribution in [0.2, 0.25) is 0 Å². The quantitative estimate of drug-likeness (QED) is 0.570. The zero-order valence-corrected chi connectivity index (χ0v) is 10.2. The smallest absolute Gasteiger partial charge is 0.190 e. The van der Waals surface area contributed by atoms with Gasteiger partial charge in [0.15, 0.2) is 11.6 Å². The highest BCUT2D eigenvalue weighted by atomic mass is 16.5. The molecule has 0 radical (unpaired) electrons. The van der Waals surface area contributed by atoms with Crippen molar-refractivity contribution >= 4 is 11.9 Å². The summed E-state index contributed by atoms with van der Waals surface area (Å²) in [4.78, 5) is 11.9. The predicted molar refractivity (Wildman–Crippen MR) is 71.1 cm³/mol. The third-order valence-electron chi connectivity index (χ3n) is 2.74. The molecule has 98 valence electrons. The van der Waals surface area contributed by atoms with E-state index >= 15 is 0 Å². The minimum atomic E-state index is -2.09. The Morgan fingerprint density at radius 3 is 2.53 bits per heavy atom. The molecule has 3 N–H and O–H groups in total. The number of carbonyl (C=O) groups excluding carboxylic acids is 1. The molecule has 4 heteroatoms. The van der Waals surface area contributed by atoms with E-state index in [-0.39, 0.29) is 17.8 Å². The summed E-state index contributed by atoms with van der Waals surface area (Å²) in [6, 6.07) is 9.28. The van der Waals surface area contributed by atoms with Crippen LogP contribution in [0.5, 0.6) is 0 Å². The van der Waals surface area contributed by atoms with Gasteiger partial charge in [-0.25, -0.2) is 0 Å². The van der Waals surface area contributed by atoms with Gasteiger partial charge in [-0.3, -0.25) is 4.79 Å². The van der Waals surface area contributed by atoms with Gasteiger partial charge >= 0.3 is 0 Å². The number of hydrogen-bond donors (Lipinski definition) is 3. The number of benzene rings is 1. The average Bonchev–Trinajstić information content (AvgIpc) is 2.36. The summed E-state index contributed by atoms with van der Waals surface area (Å²) < 4.78 is 0. The Morgan fingerprint density at radius 2 is 1.89 bits per heavy atom. The lowest BCUT2D eigenvalue weighted by atomic mass is 9.97. The van der Waals surface area contributed by atoms with Crippen LogP contribution in [0, 0.1) is 0 Å². The Labute approximate surface area is 110 Å². The Bertz CT molecular complexity index is 565. The number of aliphatic hydroxyl groups is 3. The van der Waals surface area contributed by atoms with Crippen molar-refractivity contribution in [3.63, 3.8) is 0 Å². The van der Waals surface area contributed by atoms with Crippen molar-refractivity contribution in [2.75, 3.05) is 0 Å². The molecule has 0 saturated heterocycles. The molecule has 2 rings (SSSR count). The molecule has 1 aromatic carbocycles. The van der Waals surface area contributed by atoms with E-state index in [2.05, 4.69) is 0 Å². The van der Waals surface area contributed by atoms with E-state index in [0.29, 0.717) is 0 Å². The highest BCUT2D eigenvalue weighted by molar-refractivity contribution is 6.09. The van der Waals surface area contributed by atoms with E-state index in [9.17, 15) is 20.1 Å². The van der Waals surface area contributed by atoms with E-state index in [1.165, 1.54) is 12.2 Å². The first kappa shape index (κ1) is 13.3. The Balaban J connectivity index is 2.12. The predicted octanol–water partition coefficient (Wildman–Crippen LogP) is 1.72. The number of rotatable bonds is 3. The summed E-state index contributed by atoms with van der Waals surface area (Å²) in [5.41, 5.74) is 0.945. The summed E-state index contributed by atoms with van der Waals surface area (Å²) in [5.74, 6) is -2.89. The number of carbonyl (C=O) groups is 1. The van der Waals surface area contributed by atoms with Gasteiger partial charge in [0.2, 0.25) is 0 Å². The SMILES string of the molecule is O=C(C=Cc1ccccc1)C1=CCC(O)(O)C=C1O. The first-order valence-electron chi connectivity index (χ1n) is 5.82. The fourth-order valence-electron chi connectivity index (χ4n) is 1.77. The van der Waals surface area contributed by atoms with Crippen molar-refractivity contribution in [1.82, 2.24) is 0 Å². The molecule has 19 heavy (non-hydrogen) atoms. The highest BCUT2D eigenvalue weighted by Crippen LogP contribution is 2.23. The van der Waals surface area contributed by atoms with Crippen molar-refractivity contribution in [2.45, 2.75) is 12.2 Å². The molecule has 0 fully saturated rings. The van der Waals surface area contributed by atoms with Gasteiger partial charge in [-0.1, -0.05) is 42.5 Å². The van der Waals surface area contributed by atoms with Gasteiger partial charge in [-0.05, 0) is 11.6 Å². The van der Waals surface area contributed by atoms with Gasteiger partial charge in [0.25, 0.3) is 0 Å². The maximum Gasteiger partial charge on any atom is 0.190 e. The second-order valence-electron chi connectivity index (χ2n) is 4.34. The van der Waals surface area contributed by atoms with Crippen LogP contribution >= 0.6 is 0 Å². The van der Waals surface area contributed by atoms with Gasteiger partial charge in [-0.15, -0.1) is 0 Å². The van der Waals surface area contributed by atoms with Crippen LogP contribution in [0.1, 0.15) is 12.0 Å². The standard InChI is InChI=1S/C15H14O4/c16-13(7-6-11-4-2-1-3-5-11)12-8-9-15(18,19)10-14(12)17/h1-8,10,17-19H,9H2. The molecule has 1 aliphatic carbocycles. The summed E-state index contributed by atoms with van der Waals surface area (Å²) in [5, 5.41) is 28.2. The molecule has 4 nitrogen and oxygen atoms in total. The summed E-state index contributed by atoms with van der Waals surface area (Å²) in [7, 11) is 0. The first-order valence-corrected chi connectivity index (χ1v) is 5.82. The zero-order valence-electron chi connectivity index (χ0n) is 10.2. The van der Waals surface area contributed by atoms with Gasteiger partial charge in [0, 0.05) is 12.5 Å². The molecule has 0 heterocycles. The fraction of sp³-hybridized carbons (Fsp3) is 0.133. The van der Waals surface area contributed by atoms with Crippen LogP contribution in [0.4, 0.5) is 0 Å². The Kier molecular flexibility index (Phi) is 3.64. The fourth-order valence-corrected chi connectivity index (χ4v) is 1.77. The molecule has 0 amide bonds. The van der Waals surface area contributed by atoms with Crippen molar-refractivity contribution in [3.8, 4) is 0 Å². The van der Waals surface area contributed by atoms with Crippen LogP contribution < -0.4 is 0 Å². The molecule has 0 unspecified atom stereocenters. The monoisotopic (exact) mass is 258 g/mol. The van der Waals surface area contributed by atoms with E-state index in [4.69, 9.17) is 0 Å². The van der Waals surface area contributed by atoms with Crippen molar-refractivity contribution in [2.24, 2.45) is 0 Å². The van der Waals surface area contributed by atoms with E-state index in [1.807, 2.05) is 30.3 Å². The van der Waals surface area contributed by atoms with Crippen LogP contribution in [-0.2, 0) is 4.79 Å². The van der Waals surface area contributed by atoms with E-state index in [0.717, 1.165) is 11.6 Å². The maximum atomic E-state index is 11.9. The lowest BCUT2D eigenvalue weighted by molar-refractivity contribution is -0.118. The molecular formula is C15H14O4. The highest BCUT2D eigenvalue weighted by Gasteiger charge is 2.27. The number of hydrogen-bond acceptors (Lipinski definition) is 4. The zero-order chi connectivity index (χ0) is 13.9. The molecule has 0 spiro atoms. The van der Waals surface area contributed by atoms with Crippen molar-refractivity contribution in [3.05, 3.63) is 65.5 Å². The lowest BCUT2D eigenvalue weighted by Gasteiger charge is -2.20. The molecular weight excluding hydrogens is 244 g/mol. The molecule has 1 aromatic rings. The number of aliphatic hydroxyl groups excluding tert-OH is 1. The normalized spacial score (nSPS) is 18.0. The molecule has 0 aliphatic heterocycles. The Hall–Kier alpha value is -2.17.